The van der Waals surface area contributed by atoms with E-state index >= 15 is 0 Å². The van der Waals surface area contributed by atoms with Gasteiger partial charge in [0.15, 0.2) is 0 Å². The predicted molar refractivity (Wildman–Crippen MR) is 97.0 cm³/mol. The van der Waals surface area contributed by atoms with E-state index in [4.69, 9.17) is 0 Å². The van der Waals surface area contributed by atoms with Gasteiger partial charge in [-0.25, -0.2) is 4.39 Å². The molecule has 1 saturated heterocycles. The molecule has 0 saturated carbocycles. The van der Waals surface area contributed by atoms with E-state index in [1.165, 1.54) is 6.07 Å². The number of amides is 2. The number of carbonyl (C=O) groups excluding carboxylic acids is 2. The smallest absolute Gasteiger partial charge is 0.232 e. The molecular weight excluding hydrogens is 321 g/mol. The number of carbonyl (C=O) groups is 2. The van der Waals surface area contributed by atoms with Crippen LogP contribution < -0.4 is 4.90 Å². The maximum Gasteiger partial charge on any atom is 0.232 e. The molecule has 1 heterocycles. The SMILES string of the molecule is CCCN(CCC)C(=O)CC(=O)N1CCN(c2ccccc2F)CC1. The highest BCUT2D eigenvalue weighted by molar-refractivity contribution is 5.97. The third-order valence-corrected chi connectivity index (χ3v) is 4.47. The van der Waals surface area contributed by atoms with Gasteiger partial charge in [0.1, 0.15) is 12.2 Å². The second kappa shape index (κ2) is 9.39. The maximum atomic E-state index is 13.9. The van der Waals surface area contributed by atoms with Gasteiger partial charge in [-0.2, -0.15) is 0 Å². The molecule has 2 amide bonds. The first kappa shape index (κ1) is 19.2. The molecular formula is C19H28FN3O2. The predicted octanol–water partition coefficient (Wildman–Crippen LogP) is 2.51. The zero-order valence-corrected chi connectivity index (χ0v) is 15.2. The lowest BCUT2D eigenvalue weighted by molar-refractivity contribution is -0.140. The highest BCUT2D eigenvalue weighted by Crippen LogP contribution is 2.20. The van der Waals surface area contributed by atoms with E-state index in [0.29, 0.717) is 45.0 Å². The molecule has 0 spiro atoms. The van der Waals surface area contributed by atoms with Gasteiger partial charge in [-0.05, 0) is 25.0 Å². The highest BCUT2D eigenvalue weighted by atomic mass is 19.1. The van der Waals surface area contributed by atoms with E-state index in [9.17, 15) is 14.0 Å². The summed E-state index contributed by atoms with van der Waals surface area (Å²) in [6, 6.07) is 6.68. The van der Waals surface area contributed by atoms with Crippen molar-refractivity contribution in [1.29, 1.82) is 0 Å². The Morgan fingerprint density at radius 1 is 1.04 bits per heavy atom. The molecule has 2 rings (SSSR count). The largest absolute Gasteiger partial charge is 0.366 e. The molecule has 25 heavy (non-hydrogen) atoms. The molecule has 6 heteroatoms. The zero-order chi connectivity index (χ0) is 18.2. The fraction of sp³-hybridized carbons (Fsp3) is 0.579. The molecule has 138 valence electrons. The minimum atomic E-state index is -0.243. The van der Waals surface area contributed by atoms with Crippen molar-refractivity contribution < 1.29 is 14.0 Å². The van der Waals surface area contributed by atoms with Gasteiger partial charge < -0.3 is 14.7 Å². The van der Waals surface area contributed by atoms with Crippen LogP contribution in [0.5, 0.6) is 0 Å². The summed E-state index contributed by atoms with van der Waals surface area (Å²) in [7, 11) is 0. The Bertz CT molecular complexity index is 580. The van der Waals surface area contributed by atoms with E-state index in [2.05, 4.69) is 0 Å². The Balaban J connectivity index is 1.86. The Hall–Kier alpha value is -2.11. The van der Waals surface area contributed by atoms with Gasteiger partial charge in [0, 0.05) is 39.3 Å². The van der Waals surface area contributed by atoms with Gasteiger partial charge in [0.2, 0.25) is 11.8 Å². The van der Waals surface area contributed by atoms with Crippen molar-refractivity contribution in [2.45, 2.75) is 33.1 Å². The van der Waals surface area contributed by atoms with E-state index in [1.807, 2.05) is 24.8 Å². The van der Waals surface area contributed by atoms with Crippen LogP contribution in [0.2, 0.25) is 0 Å². The summed E-state index contributed by atoms with van der Waals surface area (Å²) in [5.74, 6) is -0.465. The van der Waals surface area contributed by atoms with E-state index < -0.39 is 0 Å². The third kappa shape index (κ3) is 5.18. The molecule has 0 aliphatic carbocycles. The van der Waals surface area contributed by atoms with Crippen LogP contribution in [0.25, 0.3) is 0 Å². The number of benzene rings is 1. The Kier molecular flexibility index (Phi) is 7.22. The second-order valence-corrected chi connectivity index (χ2v) is 6.38. The highest BCUT2D eigenvalue weighted by Gasteiger charge is 2.25. The lowest BCUT2D eigenvalue weighted by Gasteiger charge is -2.36. The molecule has 1 aromatic carbocycles. The van der Waals surface area contributed by atoms with Crippen molar-refractivity contribution in [2.75, 3.05) is 44.2 Å². The minimum absolute atomic E-state index is 0.0697. The Labute approximate surface area is 149 Å². The van der Waals surface area contributed by atoms with Crippen LogP contribution in [0, 0.1) is 5.82 Å². The average molecular weight is 349 g/mol. The van der Waals surface area contributed by atoms with E-state index in [0.717, 1.165) is 12.8 Å². The van der Waals surface area contributed by atoms with Gasteiger partial charge in [0.25, 0.3) is 0 Å². The molecule has 0 radical (unpaired) electrons. The van der Waals surface area contributed by atoms with Crippen molar-refractivity contribution in [3.8, 4) is 0 Å². The lowest BCUT2D eigenvalue weighted by atomic mass is 10.2. The molecule has 1 aliphatic heterocycles. The fourth-order valence-electron chi connectivity index (χ4n) is 3.16. The Morgan fingerprint density at radius 2 is 1.64 bits per heavy atom. The van der Waals surface area contributed by atoms with E-state index in [1.54, 1.807) is 21.9 Å². The quantitative estimate of drug-likeness (QED) is 0.711. The number of hydrogen-bond acceptors (Lipinski definition) is 3. The standard InChI is InChI=1S/C19H28FN3O2/c1-3-9-22(10-4-2)18(24)15-19(25)23-13-11-21(12-14-23)17-8-6-5-7-16(17)20/h5-8H,3-4,9-15H2,1-2H3. The van der Waals surface area contributed by atoms with Crippen LogP contribution >= 0.6 is 0 Å². The van der Waals surface area contributed by atoms with Crippen LogP contribution in [0.1, 0.15) is 33.1 Å². The van der Waals surface area contributed by atoms with Gasteiger partial charge in [0.05, 0.1) is 5.69 Å². The van der Waals surface area contributed by atoms with Gasteiger partial charge in [-0.15, -0.1) is 0 Å². The first-order valence-electron chi connectivity index (χ1n) is 9.11. The fourth-order valence-corrected chi connectivity index (χ4v) is 3.16. The number of halogens is 1. The normalized spacial score (nSPS) is 14.5. The number of anilines is 1. The van der Waals surface area contributed by atoms with Gasteiger partial charge >= 0.3 is 0 Å². The minimum Gasteiger partial charge on any atom is -0.366 e. The van der Waals surface area contributed by atoms with Crippen LogP contribution in [-0.2, 0) is 9.59 Å². The summed E-state index contributed by atoms with van der Waals surface area (Å²) in [5.41, 5.74) is 0.572. The van der Waals surface area contributed by atoms with Crippen LogP contribution in [0.15, 0.2) is 24.3 Å². The second-order valence-electron chi connectivity index (χ2n) is 6.38. The number of piperazine rings is 1. The number of hydrogen-bond donors (Lipinski definition) is 0. The van der Waals surface area contributed by atoms with Gasteiger partial charge in [-0.1, -0.05) is 26.0 Å². The van der Waals surface area contributed by atoms with Crippen molar-refractivity contribution in [3.05, 3.63) is 30.1 Å². The van der Waals surface area contributed by atoms with Crippen molar-refractivity contribution >= 4 is 17.5 Å². The van der Waals surface area contributed by atoms with Crippen LogP contribution in [0.3, 0.4) is 0 Å². The number of nitrogens with zero attached hydrogens (tertiary/aromatic N) is 3. The first-order chi connectivity index (χ1) is 12.1. The molecule has 0 unspecified atom stereocenters. The lowest BCUT2D eigenvalue weighted by Crippen LogP contribution is -2.50. The molecule has 0 bridgehead atoms. The monoisotopic (exact) mass is 349 g/mol. The molecule has 0 aromatic heterocycles. The van der Waals surface area contributed by atoms with Crippen LogP contribution in [0.4, 0.5) is 10.1 Å². The van der Waals surface area contributed by atoms with Crippen molar-refractivity contribution in [3.63, 3.8) is 0 Å². The molecule has 0 N–H and O–H groups in total. The average Bonchev–Trinajstić information content (AvgIpc) is 2.62. The summed E-state index contributed by atoms with van der Waals surface area (Å²) in [4.78, 5) is 30.2. The summed E-state index contributed by atoms with van der Waals surface area (Å²) >= 11 is 0. The van der Waals surface area contributed by atoms with Crippen molar-refractivity contribution in [1.82, 2.24) is 9.80 Å². The van der Waals surface area contributed by atoms with Gasteiger partial charge in [-0.3, -0.25) is 9.59 Å². The summed E-state index contributed by atoms with van der Waals surface area (Å²) in [6.07, 6.45) is 1.71. The molecule has 1 fully saturated rings. The molecule has 1 aromatic rings. The van der Waals surface area contributed by atoms with Crippen molar-refractivity contribution in [2.24, 2.45) is 0 Å². The molecule has 1 aliphatic rings. The number of rotatable bonds is 7. The molecule has 5 nitrogen and oxygen atoms in total. The maximum absolute atomic E-state index is 13.9. The van der Waals surface area contributed by atoms with Crippen LogP contribution in [-0.4, -0.2) is 60.9 Å². The zero-order valence-electron chi connectivity index (χ0n) is 15.2. The number of para-hydroxylation sites is 1. The third-order valence-electron chi connectivity index (χ3n) is 4.47. The Morgan fingerprint density at radius 3 is 2.20 bits per heavy atom. The summed E-state index contributed by atoms with van der Waals surface area (Å²) < 4.78 is 13.9. The molecule has 0 atom stereocenters. The summed E-state index contributed by atoms with van der Waals surface area (Å²) in [5, 5.41) is 0. The first-order valence-corrected chi connectivity index (χ1v) is 9.11. The van der Waals surface area contributed by atoms with E-state index in [-0.39, 0.29) is 24.1 Å². The summed E-state index contributed by atoms with van der Waals surface area (Å²) in [6.45, 7) is 7.63. The topological polar surface area (TPSA) is 43.9 Å².